The van der Waals surface area contributed by atoms with E-state index < -0.39 is 0 Å². The molecule has 0 bridgehead atoms. The standard InChI is InChI=1S/C15H25N3O/c1-11(2)13-10-14(19)18-9-5-8-17(3)15(18)12(13)6-4-7-16/h10-11H,4-9,16H2,1-3H3. The first kappa shape index (κ1) is 14.1. The fourth-order valence-corrected chi connectivity index (χ4v) is 2.97. The van der Waals surface area contributed by atoms with Crippen LogP contribution in [0.15, 0.2) is 10.9 Å². The third-order valence-corrected chi connectivity index (χ3v) is 3.91. The van der Waals surface area contributed by atoms with E-state index in [4.69, 9.17) is 5.73 Å². The second-order valence-corrected chi connectivity index (χ2v) is 5.71. The van der Waals surface area contributed by atoms with E-state index in [0.717, 1.165) is 38.2 Å². The molecule has 0 aromatic carbocycles. The van der Waals surface area contributed by atoms with Crippen LogP contribution in [0, 0.1) is 0 Å². The van der Waals surface area contributed by atoms with Gasteiger partial charge in [-0.2, -0.15) is 0 Å². The van der Waals surface area contributed by atoms with Crippen molar-refractivity contribution in [3.63, 3.8) is 0 Å². The summed E-state index contributed by atoms with van der Waals surface area (Å²) < 4.78 is 1.93. The molecule has 1 aromatic rings. The Balaban J connectivity index is 2.61. The van der Waals surface area contributed by atoms with Crippen LogP contribution in [0.3, 0.4) is 0 Å². The predicted octanol–water partition coefficient (Wildman–Crippen LogP) is 1.70. The average Bonchev–Trinajstić information content (AvgIpc) is 2.38. The Hall–Kier alpha value is -1.29. The third kappa shape index (κ3) is 2.68. The Morgan fingerprint density at radius 1 is 1.37 bits per heavy atom. The zero-order valence-corrected chi connectivity index (χ0v) is 12.3. The summed E-state index contributed by atoms with van der Waals surface area (Å²) in [5, 5.41) is 0. The molecule has 4 nitrogen and oxygen atoms in total. The molecule has 2 N–H and O–H groups in total. The molecule has 1 aliphatic heterocycles. The van der Waals surface area contributed by atoms with E-state index in [-0.39, 0.29) is 5.56 Å². The molecular weight excluding hydrogens is 238 g/mol. The molecule has 4 heteroatoms. The van der Waals surface area contributed by atoms with Crippen molar-refractivity contribution in [2.45, 2.75) is 45.6 Å². The quantitative estimate of drug-likeness (QED) is 0.899. The molecule has 0 atom stereocenters. The fraction of sp³-hybridized carbons (Fsp3) is 0.667. The molecular formula is C15H25N3O. The van der Waals surface area contributed by atoms with Crippen molar-refractivity contribution in [1.29, 1.82) is 0 Å². The maximum absolute atomic E-state index is 12.3. The van der Waals surface area contributed by atoms with E-state index in [1.165, 1.54) is 11.1 Å². The predicted molar refractivity (Wildman–Crippen MR) is 80.1 cm³/mol. The van der Waals surface area contributed by atoms with Crippen molar-refractivity contribution in [3.05, 3.63) is 27.5 Å². The summed E-state index contributed by atoms with van der Waals surface area (Å²) >= 11 is 0. The van der Waals surface area contributed by atoms with Crippen LogP contribution in [0.2, 0.25) is 0 Å². The first-order valence-corrected chi connectivity index (χ1v) is 7.24. The number of nitrogens with two attached hydrogens (primary N) is 1. The summed E-state index contributed by atoms with van der Waals surface area (Å²) in [6.07, 6.45) is 2.98. The van der Waals surface area contributed by atoms with Gasteiger partial charge in [-0.15, -0.1) is 0 Å². The van der Waals surface area contributed by atoms with Gasteiger partial charge in [0, 0.05) is 26.2 Å². The van der Waals surface area contributed by atoms with Crippen LogP contribution in [-0.4, -0.2) is 24.7 Å². The molecule has 2 rings (SSSR count). The van der Waals surface area contributed by atoms with Crippen LogP contribution in [0.25, 0.3) is 0 Å². The summed E-state index contributed by atoms with van der Waals surface area (Å²) in [6.45, 7) is 6.87. The van der Waals surface area contributed by atoms with E-state index in [1.54, 1.807) is 0 Å². The summed E-state index contributed by atoms with van der Waals surface area (Å²) in [7, 11) is 2.08. The third-order valence-electron chi connectivity index (χ3n) is 3.91. The van der Waals surface area contributed by atoms with Gasteiger partial charge in [0.25, 0.3) is 5.56 Å². The minimum Gasteiger partial charge on any atom is -0.361 e. The zero-order valence-electron chi connectivity index (χ0n) is 12.3. The topological polar surface area (TPSA) is 51.3 Å². The largest absolute Gasteiger partial charge is 0.361 e. The van der Waals surface area contributed by atoms with E-state index in [2.05, 4.69) is 25.8 Å². The highest BCUT2D eigenvalue weighted by Crippen LogP contribution is 2.30. The number of anilines is 1. The molecule has 1 aromatic heterocycles. The summed E-state index contributed by atoms with van der Waals surface area (Å²) in [4.78, 5) is 14.5. The van der Waals surface area contributed by atoms with Gasteiger partial charge >= 0.3 is 0 Å². The second kappa shape index (κ2) is 5.78. The van der Waals surface area contributed by atoms with Crippen LogP contribution < -0.4 is 16.2 Å². The molecule has 19 heavy (non-hydrogen) atoms. The monoisotopic (exact) mass is 263 g/mol. The normalized spacial score (nSPS) is 14.9. The van der Waals surface area contributed by atoms with Crippen molar-refractivity contribution in [3.8, 4) is 0 Å². The Morgan fingerprint density at radius 3 is 2.74 bits per heavy atom. The van der Waals surface area contributed by atoms with Gasteiger partial charge in [0.2, 0.25) is 0 Å². The van der Waals surface area contributed by atoms with Crippen LogP contribution >= 0.6 is 0 Å². The van der Waals surface area contributed by atoms with E-state index in [1.807, 2.05) is 10.6 Å². The van der Waals surface area contributed by atoms with E-state index in [0.29, 0.717) is 12.5 Å². The van der Waals surface area contributed by atoms with Crippen molar-refractivity contribution in [2.75, 3.05) is 25.0 Å². The first-order chi connectivity index (χ1) is 9.06. The maximum Gasteiger partial charge on any atom is 0.252 e. The van der Waals surface area contributed by atoms with Gasteiger partial charge in [-0.3, -0.25) is 9.36 Å². The first-order valence-electron chi connectivity index (χ1n) is 7.24. The Bertz CT molecular complexity index is 505. The number of nitrogens with zero attached hydrogens (tertiary/aromatic N) is 2. The SMILES string of the molecule is CC(C)c1cc(=O)n2c(c1CCCN)N(C)CCC2. The fourth-order valence-electron chi connectivity index (χ4n) is 2.97. The summed E-state index contributed by atoms with van der Waals surface area (Å²) in [6, 6.07) is 1.83. The molecule has 0 amide bonds. The highest BCUT2D eigenvalue weighted by Gasteiger charge is 2.22. The zero-order chi connectivity index (χ0) is 14.0. The lowest BCUT2D eigenvalue weighted by atomic mass is 9.94. The minimum absolute atomic E-state index is 0.141. The van der Waals surface area contributed by atoms with Gasteiger partial charge in [-0.05, 0) is 42.9 Å². The Labute approximate surface area is 115 Å². The lowest BCUT2D eigenvalue weighted by Gasteiger charge is -2.32. The molecule has 106 valence electrons. The minimum atomic E-state index is 0.141. The smallest absolute Gasteiger partial charge is 0.252 e. The van der Waals surface area contributed by atoms with Crippen molar-refractivity contribution >= 4 is 5.82 Å². The molecule has 0 aliphatic carbocycles. The number of hydrogen-bond donors (Lipinski definition) is 1. The molecule has 0 spiro atoms. The lowest BCUT2D eigenvalue weighted by molar-refractivity contribution is 0.556. The Kier molecular flexibility index (Phi) is 4.30. The van der Waals surface area contributed by atoms with Gasteiger partial charge in [0.05, 0.1) is 0 Å². The summed E-state index contributed by atoms with van der Waals surface area (Å²) in [5.74, 6) is 1.50. The highest BCUT2D eigenvalue weighted by molar-refractivity contribution is 5.53. The van der Waals surface area contributed by atoms with E-state index in [9.17, 15) is 4.79 Å². The number of hydrogen-bond acceptors (Lipinski definition) is 3. The van der Waals surface area contributed by atoms with Crippen LogP contribution in [0.4, 0.5) is 5.82 Å². The number of fused-ring (bicyclic) bond motifs is 1. The van der Waals surface area contributed by atoms with E-state index >= 15 is 0 Å². The van der Waals surface area contributed by atoms with Gasteiger partial charge in [-0.25, -0.2) is 0 Å². The molecule has 2 heterocycles. The van der Waals surface area contributed by atoms with Crippen molar-refractivity contribution in [2.24, 2.45) is 5.73 Å². The second-order valence-electron chi connectivity index (χ2n) is 5.71. The van der Waals surface area contributed by atoms with Gasteiger partial charge in [-0.1, -0.05) is 13.8 Å². The lowest BCUT2D eigenvalue weighted by Crippen LogP contribution is -2.37. The van der Waals surface area contributed by atoms with Gasteiger partial charge < -0.3 is 10.6 Å². The molecule has 0 saturated heterocycles. The maximum atomic E-state index is 12.3. The summed E-state index contributed by atoms with van der Waals surface area (Å²) in [5.41, 5.74) is 8.32. The number of pyridine rings is 1. The number of rotatable bonds is 4. The van der Waals surface area contributed by atoms with Gasteiger partial charge in [0.1, 0.15) is 5.82 Å². The van der Waals surface area contributed by atoms with Crippen molar-refractivity contribution in [1.82, 2.24) is 4.57 Å². The van der Waals surface area contributed by atoms with Crippen LogP contribution in [0.1, 0.15) is 43.7 Å². The highest BCUT2D eigenvalue weighted by atomic mass is 16.1. The molecule has 0 unspecified atom stereocenters. The van der Waals surface area contributed by atoms with Gasteiger partial charge in [0.15, 0.2) is 0 Å². The molecule has 1 aliphatic rings. The Morgan fingerprint density at radius 2 is 2.11 bits per heavy atom. The average molecular weight is 263 g/mol. The number of aromatic nitrogens is 1. The van der Waals surface area contributed by atoms with Crippen LogP contribution in [-0.2, 0) is 13.0 Å². The molecule has 0 radical (unpaired) electrons. The molecule has 0 saturated carbocycles. The van der Waals surface area contributed by atoms with Crippen molar-refractivity contribution < 1.29 is 0 Å². The van der Waals surface area contributed by atoms with Crippen LogP contribution in [0.5, 0.6) is 0 Å². The molecule has 0 fully saturated rings.